The highest BCUT2D eigenvalue weighted by Gasteiger charge is 2.33. The molecule has 1 unspecified atom stereocenters. The molecule has 6 heteroatoms. The maximum Gasteiger partial charge on any atom is 0.233 e. The van der Waals surface area contributed by atoms with E-state index in [-0.39, 0.29) is 11.8 Å². The monoisotopic (exact) mass is 405 g/mol. The molecule has 3 aromatic rings. The number of carbonyl (C=O) groups is 1. The van der Waals surface area contributed by atoms with Gasteiger partial charge in [-0.1, -0.05) is 30.3 Å². The van der Waals surface area contributed by atoms with Crippen molar-refractivity contribution >= 4 is 5.91 Å². The Labute approximate surface area is 178 Å². The predicted molar refractivity (Wildman–Crippen MR) is 118 cm³/mol. The molecule has 1 aliphatic heterocycles. The zero-order chi connectivity index (χ0) is 21.3. The van der Waals surface area contributed by atoms with E-state index in [9.17, 15) is 4.79 Å². The molecule has 0 aliphatic carbocycles. The van der Waals surface area contributed by atoms with E-state index in [0.717, 1.165) is 60.0 Å². The fourth-order valence-electron chi connectivity index (χ4n) is 4.59. The first-order valence-corrected chi connectivity index (χ1v) is 11.0. The highest BCUT2D eigenvalue weighted by Crippen LogP contribution is 2.33. The zero-order valence-corrected chi connectivity index (χ0v) is 18.4. The molecule has 0 saturated heterocycles. The van der Waals surface area contributed by atoms with Gasteiger partial charge in [-0.15, -0.1) is 0 Å². The number of hydrogen-bond acceptors (Lipinski definition) is 3. The lowest BCUT2D eigenvalue weighted by molar-refractivity contribution is -0.134. The largest absolute Gasteiger partial charge is 0.338 e. The van der Waals surface area contributed by atoms with Crippen LogP contribution in [0.5, 0.6) is 0 Å². The van der Waals surface area contributed by atoms with Gasteiger partial charge in [-0.3, -0.25) is 9.48 Å². The lowest BCUT2D eigenvalue weighted by Gasteiger charge is -2.29. The van der Waals surface area contributed by atoms with Crippen LogP contribution in [-0.2, 0) is 24.4 Å². The summed E-state index contributed by atoms with van der Waals surface area (Å²) in [5.74, 6) is 0.894. The van der Waals surface area contributed by atoms with Crippen molar-refractivity contribution in [3.05, 3.63) is 59.3 Å². The average molecular weight is 406 g/mol. The fourth-order valence-corrected chi connectivity index (χ4v) is 4.59. The molecule has 0 bridgehead atoms. The second-order valence-electron chi connectivity index (χ2n) is 8.03. The summed E-state index contributed by atoms with van der Waals surface area (Å²) in [6.07, 6.45) is 3.77. The van der Waals surface area contributed by atoms with Crippen LogP contribution < -0.4 is 0 Å². The normalized spacial score (nSPS) is 15.8. The molecule has 0 fully saturated rings. The Balaban J connectivity index is 1.61. The molecule has 0 radical (unpaired) electrons. The minimum Gasteiger partial charge on any atom is -0.338 e. The molecule has 1 aliphatic rings. The Bertz CT molecular complexity index is 1030. The zero-order valence-electron chi connectivity index (χ0n) is 18.4. The number of rotatable bonds is 6. The summed E-state index contributed by atoms with van der Waals surface area (Å²) >= 11 is 0. The highest BCUT2D eigenvalue weighted by molar-refractivity contribution is 5.83. The van der Waals surface area contributed by atoms with Crippen LogP contribution in [-0.4, -0.2) is 36.7 Å². The molecule has 1 amide bonds. The van der Waals surface area contributed by atoms with E-state index in [2.05, 4.69) is 42.6 Å². The number of likely N-dealkylation sites (N-methyl/N-ethyl adjacent to an activating group) is 1. The van der Waals surface area contributed by atoms with Crippen molar-refractivity contribution in [2.75, 3.05) is 6.54 Å². The molecule has 158 valence electrons. The van der Waals surface area contributed by atoms with Crippen LogP contribution >= 0.6 is 0 Å². The summed E-state index contributed by atoms with van der Waals surface area (Å²) in [5.41, 5.74) is 5.57. The Morgan fingerprint density at radius 2 is 1.97 bits per heavy atom. The van der Waals surface area contributed by atoms with Crippen molar-refractivity contribution in [1.29, 1.82) is 0 Å². The van der Waals surface area contributed by atoms with Crippen molar-refractivity contribution in [1.82, 2.24) is 24.2 Å². The van der Waals surface area contributed by atoms with Crippen LogP contribution in [0.4, 0.5) is 0 Å². The third kappa shape index (κ3) is 3.55. The summed E-state index contributed by atoms with van der Waals surface area (Å²) in [5, 5.41) is 4.62. The van der Waals surface area contributed by atoms with Gasteiger partial charge in [-0.25, -0.2) is 4.98 Å². The van der Waals surface area contributed by atoms with Crippen LogP contribution in [0.15, 0.2) is 36.5 Å². The first-order valence-electron chi connectivity index (χ1n) is 11.0. The summed E-state index contributed by atoms with van der Waals surface area (Å²) in [4.78, 5) is 20.3. The minimum absolute atomic E-state index is 0.173. The topological polar surface area (TPSA) is 56.0 Å². The van der Waals surface area contributed by atoms with Gasteiger partial charge >= 0.3 is 0 Å². The molecule has 30 heavy (non-hydrogen) atoms. The summed E-state index contributed by atoms with van der Waals surface area (Å²) < 4.78 is 4.25. The molecule has 0 spiro atoms. The van der Waals surface area contributed by atoms with Crippen LogP contribution in [0.25, 0.3) is 11.3 Å². The maximum atomic E-state index is 13.6. The third-order valence-corrected chi connectivity index (χ3v) is 6.31. The molecular weight excluding hydrogens is 374 g/mol. The SMILES string of the molecule is CCN(Cc1c(C)nn(CC)c1C)C(=O)C1CCCn2c(-c3ccccc3)cnc21. The molecule has 2 aromatic heterocycles. The van der Waals surface area contributed by atoms with Gasteiger partial charge in [0.1, 0.15) is 5.82 Å². The lowest BCUT2D eigenvalue weighted by Crippen LogP contribution is -2.37. The Morgan fingerprint density at radius 1 is 1.20 bits per heavy atom. The molecule has 4 rings (SSSR count). The number of aromatic nitrogens is 4. The average Bonchev–Trinajstić information content (AvgIpc) is 3.33. The van der Waals surface area contributed by atoms with E-state index in [1.165, 1.54) is 0 Å². The summed E-state index contributed by atoms with van der Waals surface area (Å²) in [6.45, 7) is 11.3. The highest BCUT2D eigenvalue weighted by atomic mass is 16.2. The molecule has 0 saturated carbocycles. The number of amides is 1. The summed E-state index contributed by atoms with van der Waals surface area (Å²) in [6, 6.07) is 10.3. The van der Waals surface area contributed by atoms with Gasteiger partial charge in [0.05, 0.1) is 23.5 Å². The van der Waals surface area contributed by atoms with Crippen molar-refractivity contribution < 1.29 is 4.79 Å². The van der Waals surface area contributed by atoms with Crippen LogP contribution in [0.3, 0.4) is 0 Å². The predicted octanol–water partition coefficient (Wildman–Crippen LogP) is 4.31. The van der Waals surface area contributed by atoms with Gasteiger partial charge in [0.25, 0.3) is 0 Å². The summed E-state index contributed by atoms with van der Waals surface area (Å²) in [7, 11) is 0. The molecule has 3 heterocycles. The quantitative estimate of drug-likeness (QED) is 0.614. The van der Waals surface area contributed by atoms with Gasteiger partial charge < -0.3 is 9.47 Å². The van der Waals surface area contributed by atoms with Gasteiger partial charge in [0.15, 0.2) is 0 Å². The Morgan fingerprint density at radius 3 is 2.63 bits per heavy atom. The first kappa shape index (κ1) is 20.4. The van der Waals surface area contributed by atoms with Crippen molar-refractivity contribution in [2.45, 2.75) is 66.1 Å². The molecule has 0 N–H and O–H groups in total. The molecular formula is C24H31N5O. The number of carbonyl (C=O) groups excluding carboxylic acids is 1. The number of benzene rings is 1. The van der Waals surface area contributed by atoms with Crippen molar-refractivity contribution in [3.63, 3.8) is 0 Å². The number of fused-ring (bicyclic) bond motifs is 1. The maximum absolute atomic E-state index is 13.6. The van der Waals surface area contributed by atoms with Gasteiger partial charge in [0, 0.05) is 37.4 Å². The van der Waals surface area contributed by atoms with E-state index in [1.807, 2.05) is 40.9 Å². The first-order chi connectivity index (χ1) is 14.5. The number of aryl methyl sites for hydroxylation is 2. The van der Waals surface area contributed by atoms with Crippen molar-refractivity contribution in [3.8, 4) is 11.3 Å². The van der Waals surface area contributed by atoms with E-state index >= 15 is 0 Å². The number of hydrogen-bond donors (Lipinski definition) is 0. The van der Waals surface area contributed by atoms with Gasteiger partial charge in [-0.05, 0) is 46.1 Å². The van der Waals surface area contributed by atoms with E-state index < -0.39 is 0 Å². The molecule has 1 aromatic carbocycles. The molecule has 1 atom stereocenters. The smallest absolute Gasteiger partial charge is 0.233 e. The molecule has 6 nitrogen and oxygen atoms in total. The van der Waals surface area contributed by atoms with Crippen LogP contribution in [0.2, 0.25) is 0 Å². The fraction of sp³-hybridized carbons (Fsp3) is 0.458. The van der Waals surface area contributed by atoms with E-state index in [4.69, 9.17) is 4.98 Å². The van der Waals surface area contributed by atoms with Crippen molar-refractivity contribution in [2.24, 2.45) is 0 Å². The van der Waals surface area contributed by atoms with E-state index in [0.29, 0.717) is 13.1 Å². The number of imidazole rings is 1. The number of nitrogens with zero attached hydrogens (tertiary/aromatic N) is 5. The van der Waals surface area contributed by atoms with Crippen LogP contribution in [0, 0.1) is 13.8 Å². The Kier molecular flexibility index (Phi) is 5.75. The Hall–Kier alpha value is -2.89. The van der Waals surface area contributed by atoms with E-state index in [1.54, 1.807) is 0 Å². The third-order valence-electron chi connectivity index (χ3n) is 6.31. The second kappa shape index (κ2) is 8.46. The second-order valence-corrected chi connectivity index (χ2v) is 8.03. The minimum atomic E-state index is -0.182. The van der Waals surface area contributed by atoms with Crippen LogP contribution in [0.1, 0.15) is 55.4 Å². The standard InChI is InChI=1S/C24H31N5O/c1-5-27(16-21-17(3)26-29(6-2)18(21)4)24(30)20-13-10-14-28-22(15-25-23(20)28)19-11-8-7-9-12-19/h7-9,11-12,15,20H,5-6,10,13-14,16H2,1-4H3. The lowest BCUT2D eigenvalue weighted by atomic mass is 9.96. The van der Waals surface area contributed by atoms with Gasteiger partial charge in [0.2, 0.25) is 5.91 Å². The van der Waals surface area contributed by atoms with Gasteiger partial charge in [-0.2, -0.15) is 5.10 Å².